The van der Waals surface area contributed by atoms with Crippen LogP contribution < -0.4 is 10.6 Å². The molecule has 6 heteroatoms. The number of carboxylic acid groups (broad SMARTS) is 1. The Morgan fingerprint density at radius 2 is 2.00 bits per heavy atom. The van der Waals surface area contributed by atoms with E-state index in [2.05, 4.69) is 10.6 Å². The van der Waals surface area contributed by atoms with Crippen LogP contribution in [0.1, 0.15) is 32.1 Å². The van der Waals surface area contributed by atoms with E-state index in [1.807, 2.05) is 11.8 Å². The minimum atomic E-state index is -0.673. The summed E-state index contributed by atoms with van der Waals surface area (Å²) in [6.07, 6.45) is 3.87. The molecule has 0 bridgehead atoms. The average molecular weight is 300 g/mol. The van der Waals surface area contributed by atoms with Gasteiger partial charge in [0.25, 0.3) is 0 Å². The summed E-state index contributed by atoms with van der Waals surface area (Å²) >= 11 is 1.90. The molecule has 0 aromatic heterocycles. The number of aliphatic carboxylic acids is 1. The monoisotopic (exact) mass is 300 g/mol. The minimum Gasteiger partial charge on any atom is -0.481 e. The number of hydrogen-bond acceptors (Lipinski definition) is 4. The number of thioether (sulfide) groups is 1. The lowest BCUT2D eigenvalue weighted by Crippen LogP contribution is -2.42. The molecule has 2 rings (SSSR count). The molecule has 1 aliphatic heterocycles. The van der Waals surface area contributed by atoms with Gasteiger partial charge < -0.3 is 15.7 Å². The van der Waals surface area contributed by atoms with E-state index in [1.165, 1.54) is 0 Å². The quantitative estimate of drug-likeness (QED) is 0.708. The zero-order chi connectivity index (χ0) is 14.4. The molecule has 5 nitrogen and oxygen atoms in total. The standard InChI is InChI=1S/C14H24N2O3S/c17-13(7-12-9-20-6-5-15-12)16-8-10-1-3-11(4-2-10)14(18)19/h10-12,15H,1-9H2,(H,16,17)(H,18,19). The van der Waals surface area contributed by atoms with E-state index < -0.39 is 5.97 Å². The second kappa shape index (κ2) is 7.88. The molecule has 2 fully saturated rings. The van der Waals surface area contributed by atoms with Crippen LogP contribution in [0.4, 0.5) is 0 Å². The van der Waals surface area contributed by atoms with Gasteiger partial charge in [0.05, 0.1) is 5.92 Å². The summed E-state index contributed by atoms with van der Waals surface area (Å²) in [5.74, 6) is 1.86. The number of carboxylic acids is 1. The molecule has 0 aromatic carbocycles. The van der Waals surface area contributed by atoms with E-state index in [4.69, 9.17) is 5.11 Å². The van der Waals surface area contributed by atoms with Gasteiger partial charge >= 0.3 is 5.97 Å². The van der Waals surface area contributed by atoms with E-state index in [9.17, 15) is 9.59 Å². The van der Waals surface area contributed by atoms with Crippen molar-refractivity contribution in [2.75, 3.05) is 24.6 Å². The van der Waals surface area contributed by atoms with Gasteiger partial charge in [0.15, 0.2) is 0 Å². The lowest BCUT2D eigenvalue weighted by Gasteiger charge is -2.27. The number of carbonyl (C=O) groups excluding carboxylic acids is 1. The molecule has 0 spiro atoms. The Hall–Kier alpha value is -0.750. The maximum atomic E-state index is 11.9. The summed E-state index contributed by atoms with van der Waals surface area (Å²) in [7, 11) is 0. The van der Waals surface area contributed by atoms with Crippen molar-refractivity contribution in [2.24, 2.45) is 11.8 Å². The van der Waals surface area contributed by atoms with Crippen molar-refractivity contribution in [1.82, 2.24) is 10.6 Å². The lowest BCUT2D eigenvalue weighted by atomic mass is 9.82. The van der Waals surface area contributed by atoms with Gasteiger partial charge in [-0.3, -0.25) is 9.59 Å². The summed E-state index contributed by atoms with van der Waals surface area (Å²) in [5, 5.41) is 15.3. The van der Waals surface area contributed by atoms with Crippen LogP contribution in [0, 0.1) is 11.8 Å². The SMILES string of the molecule is O=C(CC1CSCCN1)NCC1CCC(C(=O)O)CC1. The zero-order valence-electron chi connectivity index (χ0n) is 11.8. The Kier molecular flexibility index (Phi) is 6.16. The molecule has 3 N–H and O–H groups in total. The first-order valence-corrected chi connectivity index (χ1v) is 8.61. The van der Waals surface area contributed by atoms with Crippen molar-refractivity contribution >= 4 is 23.6 Å². The van der Waals surface area contributed by atoms with E-state index in [0.717, 1.165) is 43.7 Å². The summed E-state index contributed by atoms with van der Waals surface area (Å²) in [5.41, 5.74) is 0. The smallest absolute Gasteiger partial charge is 0.306 e. The summed E-state index contributed by atoms with van der Waals surface area (Å²) in [6.45, 7) is 1.69. The van der Waals surface area contributed by atoms with Gasteiger partial charge in [0.2, 0.25) is 5.91 Å². The number of amides is 1. The average Bonchev–Trinajstić information content (AvgIpc) is 2.46. The van der Waals surface area contributed by atoms with Crippen molar-refractivity contribution in [2.45, 2.75) is 38.1 Å². The number of carbonyl (C=O) groups is 2. The highest BCUT2D eigenvalue weighted by Gasteiger charge is 2.26. The predicted molar refractivity (Wildman–Crippen MR) is 79.8 cm³/mol. The Balaban J connectivity index is 1.60. The van der Waals surface area contributed by atoms with Crippen molar-refractivity contribution in [3.05, 3.63) is 0 Å². The molecule has 1 saturated heterocycles. The zero-order valence-corrected chi connectivity index (χ0v) is 12.6. The number of rotatable bonds is 5. The number of nitrogens with one attached hydrogen (secondary N) is 2. The highest BCUT2D eigenvalue weighted by molar-refractivity contribution is 7.99. The predicted octanol–water partition coefficient (Wildman–Crippen LogP) is 1.09. The van der Waals surface area contributed by atoms with Crippen molar-refractivity contribution in [1.29, 1.82) is 0 Å². The molecule has 1 amide bonds. The topological polar surface area (TPSA) is 78.4 Å². The molecular weight excluding hydrogens is 276 g/mol. The van der Waals surface area contributed by atoms with Crippen LogP contribution in [-0.2, 0) is 9.59 Å². The van der Waals surface area contributed by atoms with Crippen LogP contribution in [0.3, 0.4) is 0 Å². The van der Waals surface area contributed by atoms with Gasteiger partial charge in [-0.15, -0.1) is 0 Å². The molecule has 1 saturated carbocycles. The first-order valence-electron chi connectivity index (χ1n) is 7.45. The van der Waals surface area contributed by atoms with Crippen LogP contribution in [0.25, 0.3) is 0 Å². The molecule has 1 unspecified atom stereocenters. The summed E-state index contributed by atoms with van der Waals surface area (Å²) in [4.78, 5) is 22.7. The second-order valence-electron chi connectivity index (χ2n) is 5.79. The van der Waals surface area contributed by atoms with Gasteiger partial charge in [-0.1, -0.05) is 0 Å². The van der Waals surface area contributed by atoms with Crippen LogP contribution in [0.15, 0.2) is 0 Å². The lowest BCUT2D eigenvalue weighted by molar-refractivity contribution is -0.143. The molecule has 20 heavy (non-hydrogen) atoms. The van der Waals surface area contributed by atoms with Gasteiger partial charge in [-0.2, -0.15) is 11.8 Å². The van der Waals surface area contributed by atoms with Gasteiger partial charge in [0, 0.05) is 37.1 Å². The van der Waals surface area contributed by atoms with Crippen LogP contribution in [0.2, 0.25) is 0 Å². The van der Waals surface area contributed by atoms with Crippen molar-refractivity contribution < 1.29 is 14.7 Å². The first-order chi connectivity index (χ1) is 9.65. The Bertz CT molecular complexity index is 337. The fraction of sp³-hybridized carbons (Fsp3) is 0.857. The van der Waals surface area contributed by atoms with Crippen LogP contribution >= 0.6 is 11.8 Å². The third kappa shape index (κ3) is 4.98. The highest BCUT2D eigenvalue weighted by atomic mass is 32.2. The van der Waals surface area contributed by atoms with Crippen LogP contribution in [0.5, 0.6) is 0 Å². The Labute approximate surface area is 124 Å². The maximum Gasteiger partial charge on any atom is 0.306 e. The van der Waals surface area contributed by atoms with Crippen molar-refractivity contribution in [3.8, 4) is 0 Å². The molecule has 1 aliphatic carbocycles. The summed E-state index contributed by atoms with van der Waals surface area (Å²) in [6, 6.07) is 0.302. The van der Waals surface area contributed by atoms with Gasteiger partial charge in [-0.05, 0) is 31.6 Å². The van der Waals surface area contributed by atoms with E-state index >= 15 is 0 Å². The highest BCUT2D eigenvalue weighted by Crippen LogP contribution is 2.28. The van der Waals surface area contributed by atoms with Crippen molar-refractivity contribution in [3.63, 3.8) is 0 Å². The first kappa shape index (κ1) is 15.6. The maximum absolute atomic E-state index is 11.9. The number of hydrogen-bond donors (Lipinski definition) is 3. The fourth-order valence-corrected chi connectivity index (χ4v) is 3.87. The molecule has 114 valence electrons. The third-order valence-electron chi connectivity index (χ3n) is 4.21. The van der Waals surface area contributed by atoms with Gasteiger partial charge in [-0.25, -0.2) is 0 Å². The molecule has 0 aromatic rings. The largest absolute Gasteiger partial charge is 0.481 e. The molecule has 1 heterocycles. The Morgan fingerprint density at radius 3 is 2.60 bits per heavy atom. The van der Waals surface area contributed by atoms with E-state index in [1.54, 1.807) is 0 Å². The summed E-state index contributed by atoms with van der Waals surface area (Å²) < 4.78 is 0. The molecule has 2 aliphatic rings. The fourth-order valence-electron chi connectivity index (χ4n) is 2.92. The van der Waals surface area contributed by atoms with E-state index in [-0.39, 0.29) is 11.8 Å². The third-order valence-corrected chi connectivity index (χ3v) is 5.35. The second-order valence-corrected chi connectivity index (χ2v) is 6.94. The Morgan fingerprint density at radius 1 is 1.25 bits per heavy atom. The van der Waals surface area contributed by atoms with E-state index in [0.29, 0.717) is 24.9 Å². The molecule has 1 atom stereocenters. The normalized spacial score (nSPS) is 30.7. The molecular formula is C14H24N2O3S. The minimum absolute atomic E-state index is 0.116. The van der Waals surface area contributed by atoms with Gasteiger partial charge in [0.1, 0.15) is 0 Å². The van der Waals surface area contributed by atoms with Crippen LogP contribution in [-0.4, -0.2) is 47.6 Å². The molecule has 0 radical (unpaired) electrons.